The highest BCUT2D eigenvalue weighted by molar-refractivity contribution is 7.92. The minimum Gasteiger partial charge on any atom is -0.324 e. The summed E-state index contributed by atoms with van der Waals surface area (Å²) in [5.41, 5.74) is 7.04. The number of aryl methyl sites for hydroxylation is 1. The predicted octanol–water partition coefficient (Wildman–Crippen LogP) is 2.24. The number of anilines is 1. The lowest BCUT2D eigenvalue weighted by atomic mass is 10.1. The van der Waals surface area contributed by atoms with Gasteiger partial charge in [0, 0.05) is 11.1 Å². The molecule has 0 spiro atoms. The number of sulfonamides is 1. The first-order valence-corrected chi connectivity index (χ1v) is 9.13. The van der Waals surface area contributed by atoms with Crippen LogP contribution in [0.1, 0.15) is 21.5 Å². The zero-order chi connectivity index (χ0) is 17.9. The van der Waals surface area contributed by atoms with Gasteiger partial charge in [0.05, 0.1) is 25.0 Å². The Bertz CT molecular complexity index is 849. The lowest BCUT2D eigenvalue weighted by Crippen LogP contribution is -2.29. The Hall–Kier alpha value is -2.25. The van der Waals surface area contributed by atoms with Crippen molar-refractivity contribution < 1.29 is 17.6 Å². The van der Waals surface area contributed by atoms with Crippen LogP contribution in [0.5, 0.6) is 0 Å². The molecular weight excluding hydrogens is 331 g/mol. The summed E-state index contributed by atoms with van der Waals surface area (Å²) in [4.78, 5) is 11.5. The fourth-order valence-electron chi connectivity index (χ4n) is 2.23. The molecule has 2 rings (SSSR count). The molecule has 0 aliphatic heterocycles. The summed E-state index contributed by atoms with van der Waals surface area (Å²) in [5.74, 6) is -1.02. The van der Waals surface area contributed by atoms with E-state index in [1.165, 1.54) is 12.1 Å². The predicted molar refractivity (Wildman–Crippen MR) is 92.0 cm³/mol. The molecule has 7 heteroatoms. The van der Waals surface area contributed by atoms with Crippen molar-refractivity contribution in [2.45, 2.75) is 13.5 Å². The van der Waals surface area contributed by atoms with Gasteiger partial charge in [-0.05, 0) is 25.1 Å². The second-order valence-corrected chi connectivity index (χ2v) is 7.45. The minimum atomic E-state index is -3.60. The van der Waals surface area contributed by atoms with E-state index in [-0.39, 0.29) is 30.0 Å². The lowest BCUT2D eigenvalue weighted by molar-refractivity contribution is 0.100. The number of Topliss-reactive ketones (excluding diaryl/α,β-unsaturated/α-hetero) is 1. The summed E-state index contributed by atoms with van der Waals surface area (Å²) in [6.45, 7) is 1.52. The van der Waals surface area contributed by atoms with Crippen molar-refractivity contribution in [3.8, 4) is 0 Å². The van der Waals surface area contributed by atoms with Crippen molar-refractivity contribution in [1.29, 1.82) is 0 Å². The van der Waals surface area contributed by atoms with Gasteiger partial charge in [-0.25, -0.2) is 12.8 Å². The van der Waals surface area contributed by atoms with Gasteiger partial charge in [0.15, 0.2) is 5.78 Å². The highest BCUT2D eigenvalue weighted by atomic mass is 32.2. The molecule has 24 heavy (non-hydrogen) atoms. The van der Waals surface area contributed by atoms with Crippen LogP contribution in [-0.4, -0.2) is 27.0 Å². The van der Waals surface area contributed by atoms with Crippen molar-refractivity contribution in [2.75, 3.05) is 17.1 Å². The molecule has 5 nitrogen and oxygen atoms in total. The van der Waals surface area contributed by atoms with E-state index in [1.54, 1.807) is 24.3 Å². The van der Waals surface area contributed by atoms with E-state index >= 15 is 0 Å². The van der Waals surface area contributed by atoms with Crippen LogP contribution in [0, 0.1) is 12.7 Å². The van der Waals surface area contributed by atoms with Gasteiger partial charge >= 0.3 is 0 Å². The fraction of sp³-hybridized carbons (Fsp3) is 0.235. The third-order valence-corrected chi connectivity index (χ3v) is 4.74. The molecule has 0 unspecified atom stereocenters. The van der Waals surface area contributed by atoms with Crippen LogP contribution in [0.4, 0.5) is 10.1 Å². The van der Waals surface area contributed by atoms with E-state index in [9.17, 15) is 17.6 Å². The van der Waals surface area contributed by atoms with Gasteiger partial charge in [0.2, 0.25) is 10.0 Å². The molecule has 0 aliphatic carbocycles. The number of nitrogens with two attached hydrogens (primary N) is 1. The van der Waals surface area contributed by atoms with E-state index in [0.717, 1.165) is 22.2 Å². The molecule has 2 aromatic rings. The number of carbonyl (C=O) groups excluding carboxylic acids is 1. The number of hydrogen-bond donors (Lipinski definition) is 1. The van der Waals surface area contributed by atoms with Crippen LogP contribution in [0.25, 0.3) is 0 Å². The monoisotopic (exact) mass is 350 g/mol. The third-order valence-electron chi connectivity index (χ3n) is 3.60. The third kappa shape index (κ3) is 4.18. The molecule has 0 aromatic heterocycles. The smallest absolute Gasteiger partial charge is 0.232 e. The maximum Gasteiger partial charge on any atom is 0.232 e. The standard InChI is InChI=1S/C17H19FN2O3S/c1-12-3-7-15(8-4-12)20(24(2,22)23)11-14-6-5-13(9-16(14)18)17(21)10-19/h3-9H,10-11,19H2,1-2H3. The normalized spacial score (nSPS) is 11.3. The molecule has 0 atom stereocenters. The maximum atomic E-state index is 14.3. The number of ketones is 1. The summed E-state index contributed by atoms with van der Waals surface area (Å²) < 4.78 is 39.6. The number of rotatable bonds is 6. The number of halogens is 1. The Balaban J connectivity index is 2.37. The Morgan fingerprint density at radius 1 is 1.17 bits per heavy atom. The van der Waals surface area contributed by atoms with E-state index in [0.29, 0.717) is 5.69 Å². The van der Waals surface area contributed by atoms with Crippen molar-refractivity contribution in [2.24, 2.45) is 5.73 Å². The number of nitrogens with zero attached hydrogens (tertiary/aromatic N) is 1. The first kappa shape index (κ1) is 18.1. The minimum absolute atomic E-state index is 0.162. The van der Waals surface area contributed by atoms with Crippen LogP contribution in [0.15, 0.2) is 42.5 Å². The van der Waals surface area contributed by atoms with Gasteiger partial charge in [-0.15, -0.1) is 0 Å². The molecule has 2 aromatic carbocycles. The number of hydrogen-bond acceptors (Lipinski definition) is 4. The molecule has 0 radical (unpaired) electrons. The molecule has 0 bridgehead atoms. The van der Waals surface area contributed by atoms with Crippen LogP contribution < -0.4 is 10.0 Å². The Kier molecular flexibility index (Phi) is 5.36. The molecule has 0 saturated carbocycles. The molecule has 2 N–H and O–H groups in total. The molecule has 128 valence electrons. The average Bonchev–Trinajstić information content (AvgIpc) is 2.53. The van der Waals surface area contributed by atoms with Gasteiger partial charge in [0.25, 0.3) is 0 Å². The number of carbonyl (C=O) groups is 1. The SMILES string of the molecule is Cc1ccc(N(Cc2ccc(C(=O)CN)cc2F)S(C)(=O)=O)cc1. The van der Waals surface area contributed by atoms with Crippen molar-refractivity contribution in [3.05, 3.63) is 65.0 Å². The van der Waals surface area contributed by atoms with Crippen LogP contribution in [0.3, 0.4) is 0 Å². The largest absolute Gasteiger partial charge is 0.324 e. The second-order valence-electron chi connectivity index (χ2n) is 5.54. The lowest BCUT2D eigenvalue weighted by Gasteiger charge is -2.23. The van der Waals surface area contributed by atoms with E-state index in [1.807, 2.05) is 6.92 Å². The summed E-state index contributed by atoms with van der Waals surface area (Å²) in [6, 6.07) is 10.8. The molecule has 0 fully saturated rings. The molecule has 0 amide bonds. The van der Waals surface area contributed by atoms with E-state index < -0.39 is 15.8 Å². The van der Waals surface area contributed by atoms with Gasteiger partial charge in [-0.1, -0.05) is 29.8 Å². The first-order valence-electron chi connectivity index (χ1n) is 7.28. The van der Waals surface area contributed by atoms with Crippen molar-refractivity contribution in [3.63, 3.8) is 0 Å². The first-order chi connectivity index (χ1) is 11.2. The summed E-state index contributed by atoms with van der Waals surface area (Å²) in [6.07, 6.45) is 1.07. The summed E-state index contributed by atoms with van der Waals surface area (Å²) in [5, 5.41) is 0. The summed E-state index contributed by atoms with van der Waals surface area (Å²) >= 11 is 0. The quantitative estimate of drug-likeness (QED) is 0.810. The Morgan fingerprint density at radius 3 is 2.29 bits per heavy atom. The van der Waals surface area contributed by atoms with E-state index in [2.05, 4.69) is 0 Å². The highest BCUT2D eigenvalue weighted by Crippen LogP contribution is 2.22. The molecular formula is C17H19FN2O3S. The van der Waals surface area contributed by atoms with Crippen molar-refractivity contribution in [1.82, 2.24) is 0 Å². The summed E-state index contributed by atoms with van der Waals surface area (Å²) in [7, 11) is -3.60. The fourth-order valence-corrected chi connectivity index (χ4v) is 3.11. The van der Waals surface area contributed by atoms with Crippen LogP contribution >= 0.6 is 0 Å². The van der Waals surface area contributed by atoms with Gasteiger partial charge in [-0.2, -0.15) is 0 Å². The van der Waals surface area contributed by atoms with Gasteiger partial charge < -0.3 is 5.73 Å². The topological polar surface area (TPSA) is 80.5 Å². The highest BCUT2D eigenvalue weighted by Gasteiger charge is 2.20. The molecule has 0 aliphatic rings. The van der Waals surface area contributed by atoms with Crippen LogP contribution in [0.2, 0.25) is 0 Å². The van der Waals surface area contributed by atoms with E-state index in [4.69, 9.17) is 5.73 Å². The molecule has 0 saturated heterocycles. The van der Waals surface area contributed by atoms with Crippen LogP contribution in [-0.2, 0) is 16.6 Å². The Morgan fingerprint density at radius 2 is 1.79 bits per heavy atom. The zero-order valence-corrected chi connectivity index (χ0v) is 14.3. The van der Waals surface area contributed by atoms with Crippen molar-refractivity contribution >= 4 is 21.5 Å². The average molecular weight is 350 g/mol. The maximum absolute atomic E-state index is 14.3. The van der Waals surface area contributed by atoms with Gasteiger partial charge in [-0.3, -0.25) is 9.10 Å². The number of benzene rings is 2. The molecule has 0 heterocycles. The Labute approximate surface area is 141 Å². The second kappa shape index (κ2) is 7.11. The zero-order valence-electron chi connectivity index (χ0n) is 13.5. The van der Waals surface area contributed by atoms with Gasteiger partial charge in [0.1, 0.15) is 5.82 Å².